The van der Waals surface area contributed by atoms with E-state index in [0.29, 0.717) is 61.9 Å². The standard InChI is InChI=1S/C24H31NO3.C23H34N2O3.2C23H31NO2.C19H29NO2/c1-23(2,3)21(26)20-14-19(15-25(20)24(4,5)6)28-22(27)18-12-11-16-9-7-8-10-17(16)13-18;1-22(2,3)20(26)19-13-18(15-25(19)23(4,5)6)28-21(27)24-12-11-16-9-7-8-10-17(16)14-24;1-22(2,3)21(25)19-14-17(15-24(19)23(4,5)6)26-20-13-9-11-16-10-7-8-12-18(16)20;1-22(2,3)21(25)20-14-19(15-24(20)23(4,5)6)26-18-12-11-16-9-7-8-10-17(16)13-18;1-18(2,3)17(21)16-12-15(13-20(16)19(4,5)6)22-14-10-8-7-9-11-14/h7-13,19-20H,14-15H2,1-6H3;7-10,18-19H,11-15H2,1-6H3;7-13,17,19H,14-15H2,1-6H3;7-13,19-20H,14-15H2,1-6H3;7-11,15-16H,12-13H2,1-6H3. The molecule has 0 aliphatic carbocycles. The number of nitrogens with zero attached hydrogens (tertiary/aromatic N) is 6. The molecule has 1 amide bonds. The van der Waals surface area contributed by atoms with Crippen LogP contribution in [0.15, 0.2) is 182 Å². The molecule has 10 unspecified atom stereocenters. The Hall–Kier alpha value is -9.17. The molecular formula is C112H156N6O12. The quantitative estimate of drug-likeness (QED) is 0.0935. The largest absolute Gasteiger partial charge is 0.489 e. The van der Waals surface area contributed by atoms with E-state index in [-0.39, 0.29) is 128 Å². The van der Waals surface area contributed by atoms with Gasteiger partial charge in [0, 0.05) is 138 Å². The van der Waals surface area contributed by atoms with Crippen molar-refractivity contribution in [3.8, 4) is 17.2 Å². The van der Waals surface area contributed by atoms with E-state index in [4.69, 9.17) is 23.7 Å². The number of carbonyl (C=O) groups excluding carboxylic acids is 7. The van der Waals surface area contributed by atoms with Crippen LogP contribution in [-0.2, 0) is 46.4 Å². The number of likely N-dealkylation sites (tertiary alicyclic amines) is 5. The molecule has 706 valence electrons. The minimum atomic E-state index is -0.425. The molecule has 0 bridgehead atoms. The molecule has 6 aliphatic heterocycles. The number of ketones is 5. The molecule has 5 fully saturated rings. The average molecular weight is 1780 g/mol. The first-order valence-corrected chi connectivity index (χ1v) is 47.4. The van der Waals surface area contributed by atoms with Gasteiger partial charge in [-0.05, 0) is 191 Å². The zero-order chi connectivity index (χ0) is 96.1. The lowest BCUT2D eigenvalue weighted by Crippen LogP contribution is -2.50. The fourth-order valence-corrected chi connectivity index (χ4v) is 18.9. The van der Waals surface area contributed by atoms with Crippen LogP contribution in [0.2, 0.25) is 0 Å². The number of benzene rings is 8. The third-order valence-corrected chi connectivity index (χ3v) is 25.9. The number of rotatable bonds is 14. The van der Waals surface area contributed by atoms with Gasteiger partial charge >= 0.3 is 12.1 Å². The van der Waals surface area contributed by atoms with E-state index >= 15 is 0 Å². The van der Waals surface area contributed by atoms with Crippen molar-refractivity contribution in [2.24, 2.45) is 27.1 Å². The van der Waals surface area contributed by atoms with Crippen LogP contribution in [0, 0.1) is 27.1 Å². The summed E-state index contributed by atoms with van der Waals surface area (Å²) < 4.78 is 30.5. The maximum atomic E-state index is 13.0. The van der Waals surface area contributed by atoms with Crippen LogP contribution in [0.1, 0.15) is 261 Å². The second-order valence-electron chi connectivity index (χ2n) is 47.0. The number of carbonyl (C=O) groups is 7. The first-order valence-electron chi connectivity index (χ1n) is 47.4. The predicted molar refractivity (Wildman–Crippen MR) is 528 cm³/mol. The highest BCUT2D eigenvalue weighted by atomic mass is 16.6. The Morgan fingerprint density at radius 2 is 0.608 bits per heavy atom. The van der Waals surface area contributed by atoms with Gasteiger partial charge in [0.25, 0.3) is 0 Å². The van der Waals surface area contributed by atoms with E-state index in [1.54, 1.807) is 11.0 Å². The third kappa shape index (κ3) is 26.9. The Labute approximate surface area is 778 Å². The number of hydrogen-bond acceptors (Lipinski definition) is 17. The fourth-order valence-electron chi connectivity index (χ4n) is 18.9. The number of amides is 1. The van der Waals surface area contributed by atoms with Crippen molar-refractivity contribution in [3.63, 3.8) is 0 Å². The lowest BCUT2D eigenvalue weighted by atomic mass is 9.84. The Morgan fingerprint density at radius 3 is 1.02 bits per heavy atom. The Bertz CT molecular complexity index is 5230. The third-order valence-electron chi connectivity index (χ3n) is 25.9. The second-order valence-corrected chi connectivity index (χ2v) is 47.0. The summed E-state index contributed by atoms with van der Waals surface area (Å²) in [6.07, 6.45) is 3.57. The highest BCUT2D eigenvalue weighted by Crippen LogP contribution is 2.42. The molecule has 0 N–H and O–H groups in total. The molecule has 10 atom stereocenters. The van der Waals surface area contributed by atoms with Crippen molar-refractivity contribution in [3.05, 3.63) is 199 Å². The Balaban J connectivity index is 0.000000169. The van der Waals surface area contributed by atoms with E-state index in [2.05, 4.69) is 183 Å². The number of ether oxygens (including phenoxy) is 5. The summed E-state index contributed by atoms with van der Waals surface area (Å²) in [4.78, 5) is 103. The number of esters is 1. The highest BCUT2D eigenvalue weighted by Gasteiger charge is 2.52. The molecule has 130 heavy (non-hydrogen) atoms. The topological polar surface area (TPSA) is 185 Å². The summed E-state index contributed by atoms with van der Waals surface area (Å²) in [5.74, 6) is 3.67. The Kier molecular flexibility index (Phi) is 32.2. The number of Topliss-reactive ketones (excluding diaryl/α,β-unsaturated/α-hetero) is 5. The highest BCUT2D eigenvalue weighted by molar-refractivity contribution is 5.96. The summed E-state index contributed by atoms with van der Waals surface area (Å²) in [5.41, 5.74) is 0.699. The summed E-state index contributed by atoms with van der Waals surface area (Å²) in [6, 6.07) is 60.0. The normalized spacial score (nSPS) is 22.3. The lowest BCUT2D eigenvalue weighted by molar-refractivity contribution is -0.133. The van der Waals surface area contributed by atoms with Gasteiger partial charge in [0.1, 0.15) is 47.8 Å². The molecular weight excluding hydrogens is 1620 g/mol. The first-order chi connectivity index (χ1) is 60.1. The summed E-state index contributed by atoms with van der Waals surface area (Å²) in [7, 11) is 0. The van der Waals surface area contributed by atoms with Gasteiger partial charge in [-0.2, -0.15) is 0 Å². The zero-order valence-corrected chi connectivity index (χ0v) is 84.4. The molecule has 6 heterocycles. The van der Waals surface area contributed by atoms with Crippen LogP contribution in [0.3, 0.4) is 0 Å². The number of hydrogen-bond donors (Lipinski definition) is 0. The smallest absolute Gasteiger partial charge is 0.410 e. The molecule has 0 spiro atoms. The molecule has 18 nitrogen and oxygen atoms in total. The van der Waals surface area contributed by atoms with Gasteiger partial charge in [0.15, 0.2) is 28.9 Å². The molecule has 8 aromatic rings. The maximum Gasteiger partial charge on any atom is 0.410 e. The second kappa shape index (κ2) is 40.7. The molecule has 14 rings (SSSR count). The van der Waals surface area contributed by atoms with E-state index in [1.807, 2.05) is 225 Å². The number of para-hydroxylation sites is 1. The fraction of sp³-hybridized carbons (Fsp3) is 0.562. The van der Waals surface area contributed by atoms with Gasteiger partial charge in [0.05, 0.1) is 35.8 Å². The van der Waals surface area contributed by atoms with E-state index in [0.717, 1.165) is 78.7 Å². The van der Waals surface area contributed by atoms with Crippen LogP contribution in [0.4, 0.5) is 4.79 Å². The van der Waals surface area contributed by atoms with Gasteiger partial charge in [-0.25, -0.2) is 9.59 Å². The van der Waals surface area contributed by atoms with Crippen LogP contribution in [-0.4, -0.2) is 198 Å². The van der Waals surface area contributed by atoms with Crippen LogP contribution >= 0.6 is 0 Å². The first kappa shape index (κ1) is 103. The van der Waals surface area contributed by atoms with Crippen molar-refractivity contribution >= 4 is 73.3 Å². The van der Waals surface area contributed by atoms with Crippen LogP contribution in [0.5, 0.6) is 17.2 Å². The lowest BCUT2D eigenvalue weighted by Gasteiger charge is -2.38. The molecule has 6 aliphatic rings. The van der Waals surface area contributed by atoms with Crippen LogP contribution in [0.25, 0.3) is 32.3 Å². The molecule has 0 radical (unpaired) electrons. The minimum Gasteiger partial charge on any atom is -0.489 e. The summed E-state index contributed by atoms with van der Waals surface area (Å²) in [5, 5.41) is 6.80. The van der Waals surface area contributed by atoms with Gasteiger partial charge in [0.2, 0.25) is 0 Å². The van der Waals surface area contributed by atoms with E-state index in [1.165, 1.54) is 27.3 Å². The SMILES string of the molecule is CC(C)(C)C(=O)C1CC(OC(=O)N2CCc3ccccc3C2)CN1C(C)(C)C.CC(C)(C)C(=O)C1CC(OC(=O)c2ccc3ccccc3c2)CN1C(C)(C)C.CC(C)(C)C(=O)C1CC(Oc2ccc3ccccc3c2)CN1C(C)(C)C.CC(C)(C)C(=O)C1CC(Oc2cccc3ccccc23)CN1C(C)(C)C.CC(C)(C)C(=O)C1CC(Oc2ccccc2)CN1C(C)(C)C. The van der Waals surface area contributed by atoms with Crippen molar-refractivity contribution in [2.45, 2.75) is 341 Å². The minimum absolute atomic E-state index is 0.0244. The van der Waals surface area contributed by atoms with Crippen LogP contribution < -0.4 is 14.2 Å². The molecule has 18 heteroatoms. The van der Waals surface area contributed by atoms with Crippen molar-refractivity contribution in [2.75, 3.05) is 39.3 Å². The summed E-state index contributed by atoms with van der Waals surface area (Å²) >= 11 is 0. The van der Waals surface area contributed by atoms with Gasteiger partial charge in [-0.3, -0.25) is 48.5 Å². The molecule has 8 aromatic carbocycles. The summed E-state index contributed by atoms with van der Waals surface area (Å²) in [6.45, 7) is 66.8. The molecule has 0 aromatic heterocycles. The monoisotopic (exact) mass is 1780 g/mol. The van der Waals surface area contributed by atoms with Crippen molar-refractivity contribution < 1.29 is 57.2 Å². The molecule has 5 saturated heterocycles. The maximum absolute atomic E-state index is 13.0. The predicted octanol–water partition coefficient (Wildman–Crippen LogP) is 23.0. The van der Waals surface area contributed by atoms with Crippen molar-refractivity contribution in [1.82, 2.24) is 29.4 Å². The van der Waals surface area contributed by atoms with E-state index in [9.17, 15) is 33.6 Å². The van der Waals surface area contributed by atoms with Crippen molar-refractivity contribution in [1.29, 1.82) is 0 Å². The Morgan fingerprint density at radius 1 is 0.285 bits per heavy atom. The van der Waals surface area contributed by atoms with E-state index < -0.39 is 10.8 Å². The molecule has 0 saturated carbocycles. The van der Waals surface area contributed by atoms with Gasteiger partial charge in [-0.1, -0.05) is 243 Å². The van der Waals surface area contributed by atoms with Gasteiger partial charge in [-0.15, -0.1) is 0 Å². The van der Waals surface area contributed by atoms with Gasteiger partial charge < -0.3 is 28.6 Å². The zero-order valence-electron chi connectivity index (χ0n) is 84.4. The average Bonchev–Trinajstić information content (AvgIpc) is 1.66. The number of fused-ring (bicyclic) bond motifs is 4.